The van der Waals surface area contributed by atoms with Crippen LogP contribution in [0.1, 0.15) is 6.92 Å². The molecule has 0 bridgehead atoms. The highest BCUT2D eigenvalue weighted by Gasteiger charge is 2.26. The fourth-order valence-corrected chi connectivity index (χ4v) is 3.48. The zero-order valence-electron chi connectivity index (χ0n) is 9.09. The molecule has 0 saturated heterocycles. The van der Waals surface area contributed by atoms with E-state index >= 15 is 0 Å². The molecule has 0 spiro atoms. The minimum atomic E-state index is -3.55. The summed E-state index contributed by atoms with van der Waals surface area (Å²) < 4.78 is 26.0. The third-order valence-corrected chi connectivity index (χ3v) is 5.36. The maximum Gasteiger partial charge on any atom is 0.244 e. The van der Waals surface area contributed by atoms with Crippen molar-refractivity contribution in [2.24, 2.45) is 0 Å². The Bertz CT molecular complexity index is 461. The lowest BCUT2D eigenvalue weighted by molar-refractivity contribution is 0.214. The largest absolute Gasteiger partial charge is 0.395 e. The molecule has 0 heterocycles. The molecule has 0 aromatic heterocycles. The number of halogens is 1. The molecule has 4 nitrogen and oxygen atoms in total. The summed E-state index contributed by atoms with van der Waals surface area (Å²) >= 11 is 3.20. The number of hydrogen-bond acceptors (Lipinski definition) is 3. The van der Waals surface area contributed by atoms with Crippen LogP contribution in [0.4, 0.5) is 0 Å². The van der Waals surface area contributed by atoms with Crippen LogP contribution in [-0.2, 0) is 10.0 Å². The third-order valence-electron chi connectivity index (χ3n) is 2.38. The molecule has 1 N–H and O–H groups in total. The lowest BCUT2D eigenvalue weighted by Crippen LogP contribution is -2.37. The molecule has 0 aliphatic heterocycles. The summed E-state index contributed by atoms with van der Waals surface area (Å²) in [5.41, 5.74) is 0. The number of likely N-dealkylation sites (N-methyl/N-ethyl adjacent to an activating group) is 1. The van der Waals surface area contributed by atoms with Crippen molar-refractivity contribution in [2.45, 2.75) is 17.9 Å². The van der Waals surface area contributed by atoms with Gasteiger partial charge in [-0.15, -0.1) is 0 Å². The van der Waals surface area contributed by atoms with Gasteiger partial charge in [0.05, 0.1) is 11.5 Å². The average Bonchev–Trinajstić information content (AvgIpc) is 2.27. The van der Waals surface area contributed by atoms with Crippen LogP contribution in [0.15, 0.2) is 33.6 Å². The Morgan fingerprint density at radius 3 is 2.50 bits per heavy atom. The molecule has 0 radical (unpaired) electrons. The van der Waals surface area contributed by atoms with Crippen molar-refractivity contribution in [2.75, 3.05) is 13.7 Å². The second kappa shape index (κ2) is 5.27. The number of nitrogens with zero attached hydrogens (tertiary/aromatic N) is 1. The van der Waals surface area contributed by atoms with Crippen molar-refractivity contribution in [3.8, 4) is 0 Å². The van der Waals surface area contributed by atoms with Crippen LogP contribution in [0.2, 0.25) is 0 Å². The second-order valence-electron chi connectivity index (χ2n) is 3.48. The SMILES string of the molecule is C[C@H](CO)N(C)S(=O)(=O)c1ccccc1Br. The molecule has 1 aromatic rings. The maximum atomic E-state index is 12.1. The molecule has 0 saturated carbocycles. The van der Waals surface area contributed by atoms with Crippen LogP contribution in [0.5, 0.6) is 0 Å². The summed E-state index contributed by atoms with van der Waals surface area (Å²) in [5.74, 6) is 0. The molecule has 16 heavy (non-hydrogen) atoms. The molecule has 90 valence electrons. The summed E-state index contributed by atoms with van der Waals surface area (Å²) in [4.78, 5) is 0.206. The average molecular weight is 308 g/mol. The maximum absolute atomic E-state index is 12.1. The van der Waals surface area contributed by atoms with Gasteiger partial charge in [-0.3, -0.25) is 0 Å². The molecule has 0 aliphatic rings. The third kappa shape index (κ3) is 2.63. The number of sulfonamides is 1. The van der Waals surface area contributed by atoms with Gasteiger partial charge in [0.2, 0.25) is 10.0 Å². The van der Waals surface area contributed by atoms with Crippen LogP contribution < -0.4 is 0 Å². The van der Waals surface area contributed by atoms with E-state index in [1.807, 2.05) is 0 Å². The summed E-state index contributed by atoms with van der Waals surface area (Å²) in [6.45, 7) is 1.44. The highest BCUT2D eigenvalue weighted by atomic mass is 79.9. The molecule has 1 atom stereocenters. The van der Waals surface area contributed by atoms with Crippen molar-refractivity contribution < 1.29 is 13.5 Å². The van der Waals surface area contributed by atoms with E-state index in [4.69, 9.17) is 5.11 Å². The molecule has 1 rings (SSSR count). The molecule has 0 unspecified atom stereocenters. The molecule has 1 aromatic carbocycles. The number of aliphatic hydroxyl groups excluding tert-OH is 1. The first-order valence-corrected chi connectivity index (χ1v) is 6.98. The molecule has 0 aliphatic carbocycles. The van der Waals surface area contributed by atoms with Gasteiger partial charge in [-0.05, 0) is 35.0 Å². The van der Waals surface area contributed by atoms with Crippen molar-refractivity contribution in [1.82, 2.24) is 4.31 Å². The Hall–Kier alpha value is -0.430. The van der Waals surface area contributed by atoms with Gasteiger partial charge in [0.25, 0.3) is 0 Å². The Balaban J connectivity index is 3.17. The normalized spacial score (nSPS) is 14.1. The van der Waals surface area contributed by atoms with Gasteiger partial charge in [-0.25, -0.2) is 8.42 Å². The first kappa shape index (κ1) is 13.6. The number of aliphatic hydroxyl groups is 1. The van der Waals surface area contributed by atoms with Crippen LogP contribution in [-0.4, -0.2) is 37.5 Å². The van der Waals surface area contributed by atoms with Gasteiger partial charge in [0, 0.05) is 17.6 Å². The molecular weight excluding hydrogens is 294 g/mol. The topological polar surface area (TPSA) is 57.6 Å². The van der Waals surface area contributed by atoms with E-state index in [0.717, 1.165) is 4.31 Å². The van der Waals surface area contributed by atoms with E-state index in [2.05, 4.69) is 15.9 Å². The summed E-state index contributed by atoms with van der Waals surface area (Å²) in [6, 6.07) is 6.16. The Morgan fingerprint density at radius 2 is 2.00 bits per heavy atom. The lowest BCUT2D eigenvalue weighted by Gasteiger charge is -2.23. The minimum Gasteiger partial charge on any atom is -0.395 e. The fourth-order valence-electron chi connectivity index (χ4n) is 1.16. The van der Waals surface area contributed by atoms with E-state index in [1.165, 1.54) is 13.1 Å². The zero-order chi connectivity index (χ0) is 12.3. The standard InChI is InChI=1S/C10H14BrNO3S/c1-8(7-13)12(2)16(14,15)10-6-4-3-5-9(10)11/h3-6,8,13H,7H2,1-2H3/t8-/m1/s1. The highest BCUT2D eigenvalue weighted by Crippen LogP contribution is 2.24. The van der Waals surface area contributed by atoms with E-state index in [9.17, 15) is 8.42 Å². The number of benzene rings is 1. The van der Waals surface area contributed by atoms with E-state index in [1.54, 1.807) is 25.1 Å². The predicted octanol–water partition coefficient (Wildman–Crippen LogP) is 1.45. The van der Waals surface area contributed by atoms with Gasteiger partial charge in [-0.1, -0.05) is 12.1 Å². The van der Waals surface area contributed by atoms with Crippen LogP contribution in [0, 0.1) is 0 Å². The van der Waals surface area contributed by atoms with E-state index in [-0.39, 0.29) is 11.5 Å². The first-order valence-electron chi connectivity index (χ1n) is 4.74. The monoisotopic (exact) mass is 307 g/mol. The van der Waals surface area contributed by atoms with Gasteiger partial charge in [-0.2, -0.15) is 4.31 Å². The van der Waals surface area contributed by atoms with Crippen LogP contribution >= 0.6 is 15.9 Å². The van der Waals surface area contributed by atoms with Crippen molar-refractivity contribution >= 4 is 26.0 Å². The Morgan fingerprint density at radius 1 is 1.44 bits per heavy atom. The van der Waals surface area contributed by atoms with Gasteiger partial charge in [0.1, 0.15) is 0 Å². The fraction of sp³-hybridized carbons (Fsp3) is 0.400. The minimum absolute atomic E-state index is 0.206. The smallest absolute Gasteiger partial charge is 0.244 e. The number of hydrogen-bond donors (Lipinski definition) is 1. The Labute approximate surface area is 104 Å². The molecule has 6 heteroatoms. The van der Waals surface area contributed by atoms with Gasteiger partial charge < -0.3 is 5.11 Å². The molecular formula is C10H14BrNO3S. The predicted molar refractivity (Wildman–Crippen MR) is 65.6 cm³/mol. The summed E-state index contributed by atoms with van der Waals surface area (Å²) in [5, 5.41) is 8.97. The van der Waals surface area contributed by atoms with E-state index in [0.29, 0.717) is 4.47 Å². The van der Waals surface area contributed by atoms with Crippen molar-refractivity contribution in [3.05, 3.63) is 28.7 Å². The van der Waals surface area contributed by atoms with Gasteiger partial charge in [0.15, 0.2) is 0 Å². The quantitative estimate of drug-likeness (QED) is 0.916. The van der Waals surface area contributed by atoms with Gasteiger partial charge >= 0.3 is 0 Å². The zero-order valence-corrected chi connectivity index (χ0v) is 11.5. The highest BCUT2D eigenvalue weighted by molar-refractivity contribution is 9.10. The van der Waals surface area contributed by atoms with Crippen LogP contribution in [0.3, 0.4) is 0 Å². The first-order chi connectivity index (χ1) is 7.41. The summed E-state index contributed by atoms with van der Waals surface area (Å²) in [7, 11) is -2.10. The second-order valence-corrected chi connectivity index (χ2v) is 6.30. The molecule has 0 fully saturated rings. The summed E-state index contributed by atoms with van der Waals surface area (Å²) in [6.07, 6.45) is 0. The Kier molecular flexibility index (Phi) is 4.49. The lowest BCUT2D eigenvalue weighted by atomic mass is 10.4. The van der Waals surface area contributed by atoms with Crippen LogP contribution in [0.25, 0.3) is 0 Å². The molecule has 0 amide bonds. The van der Waals surface area contributed by atoms with E-state index < -0.39 is 16.1 Å². The number of rotatable bonds is 4. The van der Waals surface area contributed by atoms with Crippen molar-refractivity contribution in [3.63, 3.8) is 0 Å². The van der Waals surface area contributed by atoms with Crippen molar-refractivity contribution in [1.29, 1.82) is 0 Å².